The largest absolute Gasteiger partial charge is 0.490 e. The van der Waals surface area contributed by atoms with Crippen LogP contribution in [0.15, 0.2) is 24.3 Å². The number of halogens is 2. The van der Waals surface area contributed by atoms with Crippen molar-refractivity contribution < 1.29 is 21.9 Å². The maximum absolute atomic E-state index is 11.9. The summed E-state index contributed by atoms with van der Waals surface area (Å²) in [6, 6.07) is 6.60. The number of benzene rings is 1. The van der Waals surface area contributed by atoms with Crippen LogP contribution in [0.4, 0.5) is 14.5 Å². The summed E-state index contributed by atoms with van der Waals surface area (Å²) < 4.78 is 52.0. The molecule has 5 nitrogen and oxygen atoms in total. The number of ether oxygens (including phenoxy) is 1. The summed E-state index contributed by atoms with van der Waals surface area (Å²) in [4.78, 5) is 0. The summed E-state index contributed by atoms with van der Waals surface area (Å²) in [5.41, 5.74) is 5.95. The number of anilines is 1. The Kier molecular flexibility index (Phi) is 4.64. The second-order valence-electron chi connectivity index (χ2n) is 3.09. The van der Waals surface area contributed by atoms with Crippen LogP contribution in [0.2, 0.25) is 0 Å². The van der Waals surface area contributed by atoms with Crippen molar-refractivity contribution in [2.45, 2.75) is 5.76 Å². The lowest BCUT2D eigenvalue weighted by atomic mass is 10.3. The molecule has 17 heavy (non-hydrogen) atoms. The SMILES string of the molecule is Nc1ccccc1OCCNS(=O)(=O)C(F)F. The Morgan fingerprint density at radius 1 is 1.35 bits per heavy atom. The summed E-state index contributed by atoms with van der Waals surface area (Å²) in [7, 11) is -4.56. The highest BCUT2D eigenvalue weighted by atomic mass is 32.2. The van der Waals surface area contributed by atoms with Gasteiger partial charge in [-0.05, 0) is 12.1 Å². The first-order valence-electron chi connectivity index (χ1n) is 4.67. The minimum Gasteiger partial charge on any atom is -0.490 e. The molecule has 1 rings (SSSR count). The highest BCUT2D eigenvalue weighted by Crippen LogP contribution is 2.19. The van der Waals surface area contributed by atoms with Crippen molar-refractivity contribution in [3.8, 4) is 5.75 Å². The second kappa shape index (κ2) is 5.78. The average Bonchev–Trinajstić information content (AvgIpc) is 2.26. The minimum absolute atomic E-state index is 0.0832. The third-order valence-corrected chi connectivity index (χ3v) is 2.89. The Morgan fingerprint density at radius 3 is 2.59 bits per heavy atom. The summed E-state index contributed by atoms with van der Waals surface area (Å²) in [5.74, 6) is -3.06. The number of nitrogen functional groups attached to an aromatic ring is 1. The van der Waals surface area contributed by atoms with Gasteiger partial charge in [0.1, 0.15) is 12.4 Å². The molecule has 96 valence electrons. The van der Waals surface area contributed by atoms with Crippen molar-refractivity contribution in [2.24, 2.45) is 0 Å². The lowest BCUT2D eigenvalue weighted by molar-refractivity contribution is 0.231. The molecule has 0 aliphatic rings. The van der Waals surface area contributed by atoms with Gasteiger partial charge in [-0.25, -0.2) is 13.1 Å². The zero-order valence-electron chi connectivity index (χ0n) is 8.77. The third kappa shape index (κ3) is 4.16. The van der Waals surface area contributed by atoms with Gasteiger partial charge in [0.05, 0.1) is 5.69 Å². The van der Waals surface area contributed by atoms with Crippen molar-refractivity contribution in [3.63, 3.8) is 0 Å². The first kappa shape index (κ1) is 13.7. The van der Waals surface area contributed by atoms with Crippen LogP contribution in [0.1, 0.15) is 0 Å². The van der Waals surface area contributed by atoms with E-state index in [1.807, 2.05) is 0 Å². The fourth-order valence-electron chi connectivity index (χ4n) is 1.02. The van der Waals surface area contributed by atoms with Crippen LogP contribution in [-0.2, 0) is 10.0 Å². The number of nitrogens with two attached hydrogens (primary N) is 1. The van der Waals surface area contributed by atoms with Crippen LogP contribution in [0.5, 0.6) is 5.75 Å². The highest BCUT2D eigenvalue weighted by Gasteiger charge is 2.22. The zero-order valence-corrected chi connectivity index (χ0v) is 9.58. The van der Waals surface area contributed by atoms with E-state index in [9.17, 15) is 17.2 Å². The van der Waals surface area contributed by atoms with Gasteiger partial charge in [0.25, 0.3) is 10.0 Å². The van der Waals surface area contributed by atoms with Gasteiger partial charge < -0.3 is 10.5 Å². The first-order chi connectivity index (χ1) is 7.93. The molecule has 1 aromatic carbocycles. The number of hydrogen-bond donors (Lipinski definition) is 2. The van der Waals surface area contributed by atoms with E-state index in [-0.39, 0.29) is 13.2 Å². The molecule has 0 saturated heterocycles. The van der Waals surface area contributed by atoms with E-state index in [1.54, 1.807) is 29.0 Å². The number of rotatable bonds is 6. The normalized spacial score (nSPS) is 11.7. The molecule has 1 aromatic rings. The molecule has 8 heteroatoms. The van der Waals surface area contributed by atoms with Crippen LogP contribution in [0, 0.1) is 0 Å². The van der Waals surface area contributed by atoms with E-state index < -0.39 is 15.8 Å². The first-order valence-corrected chi connectivity index (χ1v) is 6.22. The Labute approximate surface area is 97.6 Å². The molecule has 0 atom stereocenters. The number of nitrogens with one attached hydrogen (secondary N) is 1. The Bertz CT molecular complexity index is 465. The number of para-hydroxylation sites is 2. The molecule has 0 bridgehead atoms. The predicted octanol–water partition coefficient (Wildman–Crippen LogP) is 0.790. The van der Waals surface area contributed by atoms with Crippen LogP contribution in [0.25, 0.3) is 0 Å². The van der Waals surface area contributed by atoms with Crippen molar-refractivity contribution in [3.05, 3.63) is 24.3 Å². The van der Waals surface area contributed by atoms with Crippen LogP contribution in [0.3, 0.4) is 0 Å². The summed E-state index contributed by atoms with van der Waals surface area (Å²) in [6.07, 6.45) is 0. The van der Waals surface area contributed by atoms with Crippen molar-refractivity contribution in [1.82, 2.24) is 4.72 Å². The second-order valence-corrected chi connectivity index (χ2v) is 4.82. The maximum atomic E-state index is 11.9. The van der Waals surface area contributed by atoms with Gasteiger partial charge >= 0.3 is 5.76 Å². The molecular formula is C9H12F2N2O3S. The maximum Gasteiger partial charge on any atom is 0.350 e. The summed E-state index contributed by atoms with van der Waals surface area (Å²) in [6.45, 7) is -0.332. The van der Waals surface area contributed by atoms with E-state index in [4.69, 9.17) is 10.5 Å². The predicted molar refractivity (Wildman–Crippen MR) is 59.3 cm³/mol. The monoisotopic (exact) mass is 266 g/mol. The number of hydrogen-bond acceptors (Lipinski definition) is 4. The zero-order chi connectivity index (χ0) is 12.9. The minimum atomic E-state index is -4.56. The lowest BCUT2D eigenvalue weighted by Crippen LogP contribution is -2.32. The molecular weight excluding hydrogens is 254 g/mol. The molecule has 3 N–H and O–H groups in total. The molecule has 0 heterocycles. The quantitative estimate of drug-likeness (QED) is 0.589. The third-order valence-electron chi connectivity index (χ3n) is 1.82. The van der Waals surface area contributed by atoms with Crippen molar-refractivity contribution in [1.29, 1.82) is 0 Å². The van der Waals surface area contributed by atoms with Gasteiger partial charge in [-0.3, -0.25) is 0 Å². The van der Waals surface area contributed by atoms with Gasteiger partial charge in [0.2, 0.25) is 0 Å². The molecule has 0 unspecified atom stereocenters. The van der Waals surface area contributed by atoms with Crippen molar-refractivity contribution >= 4 is 15.7 Å². The number of alkyl halides is 2. The molecule has 0 aliphatic heterocycles. The molecule has 0 aromatic heterocycles. The Balaban J connectivity index is 2.38. The van der Waals surface area contributed by atoms with E-state index in [1.165, 1.54) is 0 Å². The molecule has 0 radical (unpaired) electrons. The lowest BCUT2D eigenvalue weighted by Gasteiger charge is -2.09. The van der Waals surface area contributed by atoms with E-state index in [0.29, 0.717) is 11.4 Å². The van der Waals surface area contributed by atoms with Crippen LogP contribution >= 0.6 is 0 Å². The van der Waals surface area contributed by atoms with E-state index >= 15 is 0 Å². The summed E-state index contributed by atoms with van der Waals surface area (Å²) in [5, 5.41) is 0. The Hall–Kier alpha value is -1.41. The van der Waals surface area contributed by atoms with Gasteiger partial charge in [-0.15, -0.1) is 0 Å². The van der Waals surface area contributed by atoms with Crippen molar-refractivity contribution in [2.75, 3.05) is 18.9 Å². The topological polar surface area (TPSA) is 81.4 Å². The molecule has 0 aliphatic carbocycles. The van der Waals surface area contributed by atoms with E-state index in [2.05, 4.69) is 0 Å². The molecule has 0 saturated carbocycles. The fourth-order valence-corrected chi connectivity index (χ4v) is 1.51. The van der Waals surface area contributed by atoms with Gasteiger partial charge in [-0.1, -0.05) is 12.1 Å². The fraction of sp³-hybridized carbons (Fsp3) is 0.333. The highest BCUT2D eigenvalue weighted by molar-refractivity contribution is 7.89. The van der Waals surface area contributed by atoms with Crippen LogP contribution < -0.4 is 15.2 Å². The standard InChI is InChI=1S/C9H12F2N2O3S/c10-9(11)17(14,15)13-5-6-16-8-4-2-1-3-7(8)12/h1-4,9,13H,5-6,12H2. The molecule has 0 spiro atoms. The smallest absolute Gasteiger partial charge is 0.350 e. The van der Waals surface area contributed by atoms with Gasteiger partial charge in [0, 0.05) is 6.54 Å². The molecule has 0 fully saturated rings. The molecule has 0 amide bonds. The summed E-state index contributed by atoms with van der Waals surface area (Å²) >= 11 is 0. The van der Waals surface area contributed by atoms with E-state index in [0.717, 1.165) is 0 Å². The van der Waals surface area contributed by atoms with Gasteiger partial charge in [0.15, 0.2) is 0 Å². The Morgan fingerprint density at radius 2 is 2.00 bits per heavy atom. The van der Waals surface area contributed by atoms with Gasteiger partial charge in [-0.2, -0.15) is 8.78 Å². The number of sulfonamides is 1. The average molecular weight is 266 g/mol. The van der Waals surface area contributed by atoms with Crippen LogP contribution in [-0.4, -0.2) is 27.3 Å².